The lowest BCUT2D eigenvalue weighted by atomic mass is 10.2. The summed E-state index contributed by atoms with van der Waals surface area (Å²) in [6, 6.07) is 6.57. The highest BCUT2D eigenvalue weighted by Gasteiger charge is 2.26. The van der Waals surface area contributed by atoms with Crippen molar-refractivity contribution in [3.05, 3.63) is 51.8 Å². The monoisotopic (exact) mass is 394 g/mol. The Labute approximate surface area is 156 Å². The van der Waals surface area contributed by atoms with E-state index in [0.717, 1.165) is 16.3 Å². The van der Waals surface area contributed by atoms with Crippen LogP contribution < -0.4 is 5.69 Å². The van der Waals surface area contributed by atoms with E-state index >= 15 is 0 Å². The number of para-hydroxylation sites is 2. The van der Waals surface area contributed by atoms with E-state index in [-0.39, 0.29) is 16.4 Å². The van der Waals surface area contributed by atoms with Crippen molar-refractivity contribution in [3.63, 3.8) is 0 Å². The van der Waals surface area contributed by atoms with Crippen LogP contribution in [-0.4, -0.2) is 32.6 Å². The number of alkyl halides is 2. The van der Waals surface area contributed by atoms with E-state index in [2.05, 4.69) is 15.0 Å². The maximum atomic E-state index is 13.6. The Morgan fingerprint density at radius 3 is 2.67 bits per heavy atom. The number of carbonyl (C=O) groups excluding carboxylic acids is 1. The molecule has 7 nitrogen and oxygen atoms in total. The summed E-state index contributed by atoms with van der Waals surface area (Å²) in [5, 5.41) is -0.507. The molecule has 1 atom stereocenters. The third-order valence-corrected chi connectivity index (χ3v) is 5.03. The number of fused-ring (bicyclic) bond motifs is 1. The third-order valence-electron chi connectivity index (χ3n) is 3.95. The minimum Gasteiger partial charge on any atom is -0.465 e. The fraction of sp³-hybridized carbons (Fsp3) is 0.294. The van der Waals surface area contributed by atoms with E-state index in [1.54, 1.807) is 38.1 Å². The van der Waals surface area contributed by atoms with Gasteiger partial charge in [0, 0.05) is 5.69 Å². The van der Waals surface area contributed by atoms with Crippen LogP contribution in [0.25, 0.3) is 11.0 Å². The van der Waals surface area contributed by atoms with Gasteiger partial charge < -0.3 is 9.72 Å². The van der Waals surface area contributed by atoms with Gasteiger partial charge in [0.15, 0.2) is 0 Å². The van der Waals surface area contributed by atoms with Crippen molar-refractivity contribution in [2.75, 3.05) is 7.11 Å². The number of aromatic nitrogens is 4. The average Bonchev–Trinajstić information content (AvgIpc) is 3.00. The van der Waals surface area contributed by atoms with Gasteiger partial charge in [0.1, 0.15) is 16.4 Å². The number of carbonyl (C=O) groups is 1. The molecule has 2 aromatic heterocycles. The molecule has 1 aromatic carbocycles. The molecule has 3 aromatic rings. The van der Waals surface area contributed by atoms with Crippen LogP contribution in [0.15, 0.2) is 34.1 Å². The van der Waals surface area contributed by atoms with Crippen molar-refractivity contribution in [1.29, 1.82) is 0 Å². The van der Waals surface area contributed by atoms with E-state index in [9.17, 15) is 18.4 Å². The Hall–Kier alpha value is -2.75. The first-order chi connectivity index (χ1) is 12.8. The van der Waals surface area contributed by atoms with Gasteiger partial charge in [-0.15, -0.1) is 0 Å². The zero-order valence-electron chi connectivity index (χ0n) is 14.7. The molecule has 1 unspecified atom stereocenters. The fourth-order valence-corrected chi connectivity index (χ4v) is 3.86. The molecule has 0 radical (unpaired) electrons. The molecule has 0 bridgehead atoms. The van der Waals surface area contributed by atoms with Crippen LogP contribution in [-0.2, 0) is 4.74 Å². The molecule has 0 amide bonds. The number of benzene rings is 1. The molecule has 27 heavy (non-hydrogen) atoms. The van der Waals surface area contributed by atoms with Crippen molar-refractivity contribution in [2.45, 2.75) is 30.7 Å². The summed E-state index contributed by atoms with van der Waals surface area (Å²) >= 11 is 0.994. The molecule has 0 aliphatic heterocycles. The van der Waals surface area contributed by atoms with Gasteiger partial charge in [-0.05, 0) is 26.0 Å². The smallest absolute Gasteiger partial charge is 0.346 e. The maximum absolute atomic E-state index is 13.6. The molecule has 0 spiro atoms. The zero-order valence-corrected chi connectivity index (χ0v) is 15.5. The SMILES string of the molecule is COC(=O)c1c(SC(C)c2nc3ccccc3n2C(F)F)nc(=O)[nH]c1C. The first-order valence-corrected chi connectivity index (χ1v) is 8.82. The number of aromatic amines is 1. The van der Waals surface area contributed by atoms with Gasteiger partial charge in [0.05, 0.1) is 23.4 Å². The quantitative estimate of drug-likeness (QED) is 0.405. The largest absolute Gasteiger partial charge is 0.465 e. The van der Waals surface area contributed by atoms with Crippen LogP contribution in [0.2, 0.25) is 0 Å². The summed E-state index contributed by atoms with van der Waals surface area (Å²) in [4.78, 5) is 34.4. The Kier molecular flexibility index (Phi) is 5.26. The molecule has 3 rings (SSSR count). The average molecular weight is 394 g/mol. The molecular weight excluding hydrogens is 378 g/mol. The highest BCUT2D eigenvalue weighted by molar-refractivity contribution is 7.99. The van der Waals surface area contributed by atoms with Gasteiger partial charge in [0.25, 0.3) is 0 Å². The maximum Gasteiger partial charge on any atom is 0.346 e. The third kappa shape index (κ3) is 3.57. The normalized spacial score (nSPS) is 12.5. The molecular formula is C17H16F2N4O3S. The number of hydrogen-bond donors (Lipinski definition) is 1. The molecule has 0 aliphatic rings. The van der Waals surface area contributed by atoms with Crippen molar-refractivity contribution in [3.8, 4) is 0 Å². The van der Waals surface area contributed by atoms with Gasteiger partial charge >= 0.3 is 18.2 Å². The van der Waals surface area contributed by atoms with E-state index in [0.29, 0.717) is 16.7 Å². The Bertz CT molecular complexity index is 1060. The minimum absolute atomic E-state index is 0.0914. The van der Waals surface area contributed by atoms with E-state index < -0.39 is 23.5 Å². The van der Waals surface area contributed by atoms with Gasteiger partial charge in [0.2, 0.25) is 0 Å². The Morgan fingerprint density at radius 1 is 1.30 bits per heavy atom. The van der Waals surface area contributed by atoms with Gasteiger partial charge in [-0.1, -0.05) is 23.9 Å². The standard InChI is InChI=1S/C17H16F2N4O3S/c1-8-12(15(24)26-3)14(22-17(25)20-8)27-9(2)13-21-10-6-4-5-7-11(10)23(13)16(18)19/h4-7,9,16H,1-3H3,(H,20,22,25). The summed E-state index contributed by atoms with van der Waals surface area (Å²) in [6.07, 6.45) is 0. The van der Waals surface area contributed by atoms with Gasteiger partial charge in [-0.2, -0.15) is 13.8 Å². The predicted molar refractivity (Wildman–Crippen MR) is 96.2 cm³/mol. The van der Waals surface area contributed by atoms with Crippen LogP contribution in [0.5, 0.6) is 0 Å². The predicted octanol–water partition coefficient (Wildman–Crippen LogP) is 3.46. The zero-order chi connectivity index (χ0) is 19.7. The van der Waals surface area contributed by atoms with Crippen molar-refractivity contribution >= 4 is 28.8 Å². The number of rotatable bonds is 5. The first kappa shape index (κ1) is 19.0. The molecule has 0 saturated carbocycles. The van der Waals surface area contributed by atoms with Gasteiger partial charge in [-0.25, -0.2) is 14.6 Å². The van der Waals surface area contributed by atoms with E-state index in [1.807, 2.05) is 0 Å². The summed E-state index contributed by atoms with van der Waals surface area (Å²) in [7, 11) is 1.21. The number of halogens is 2. The number of esters is 1. The second kappa shape index (κ2) is 7.47. The second-order valence-electron chi connectivity index (χ2n) is 5.71. The number of H-pyrrole nitrogens is 1. The number of ether oxygens (including phenoxy) is 1. The Balaban J connectivity index is 2.08. The first-order valence-electron chi connectivity index (χ1n) is 7.94. The highest BCUT2D eigenvalue weighted by atomic mass is 32.2. The van der Waals surface area contributed by atoms with Gasteiger partial charge in [-0.3, -0.25) is 4.57 Å². The lowest BCUT2D eigenvalue weighted by Gasteiger charge is -2.15. The number of nitrogens with zero attached hydrogens (tertiary/aromatic N) is 3. The minimum atomic E-state index is -2.79. The van der Waals surface area contributed by atoms with Crippen molar-refractivity contribution in [1.82, 2.24) is 19.5 Å². The number of methoxy groups -OCH3 is 1. The van der Waals surface area contributed by atoms with Crippen LogP contribution >= 0.6 is 11.8 Å². The summed E-state index contributed by atoms with van der Waals surface area (Å²) in [5.41, 5.74) is 0.478. The van der Waals surface area contributed by atoms with E-state index in [1.165, 1.54) is 7.11 Å². The van der Waals surface area contributed by atoms with Crippen LogP contribution in [0.4, 0.5) is 8.78 Å². The molecule has 0 aliphatic carbocycles. The Morgan fingerprint density at radius 2 is 2.00 bits per heavy atom. The van der Waals surface area contributed by atoms with Crippen LogP contribution in [0, 0.1) is 6.92 Å². The number of imidazole rings is 1. The van der Waals surface area contributed by atoms with Crippen molar-refractivity contribution in [2.24, 2.45) is 0 Å². The van der Waals surface area contributed by atoms with Crippen LogP contribution in [0.1, 0.15) is 40.6 Å². The van der Waals surface area contributed by atoms with Crippen LogP contribution in [0.3, 0.4) is 0 Å². The number of thioether (sulfide) groups is 1. The number of aryl methyl sites for hydroxylation is 1. The summed E-state index contributed by atoms with van der Waals surface area (Å²) in [5.74, 6) is -0.555. The molecule has 1 N–H and O–H groups in total. The lowest BCUT2D eigenvalue weighted by Crippen LogP contribution is -2.19. The molecule has 142 valence electrons. The fourth-order valence-electron chi connectivity index (χ4n) is 2.76. The summed E-state index contributed by atoms with van der Waals surface area (Å²) in [6.45, 7) is 0.409. The van der Waals surface area contributed by atoms with E-state index in [4.69, 9.17) is 4.74 Å². The topological polar surface area (TPSA) is 89.9 Å². The highest BCUT2D eigenvalue weighted by Crippen LogP contribution is 2.38. The molecule has 0 saturated heterocycles. The molecule has 2 heterocycles. The molecule has 0 fully saturated rings. The summed E-state index contributed by atoms with van der Waals surface area (Å²) < 4.78 is 32.9. The lowest BCUT2D eigenvalue weighted by molar-refractivity contribution is 0.0593. The second-order valence-corrected chi connectivity index (χ2v) is 7.03. The molecule has 10 heteroatoms. The van der Waals surface area contributed by atoms with Crippen molar-refractivity contribution < 1.29 is 18.3 Å². The number of nitrogens with one attached hydrogen (secondary N) is 1. The number of hydrogen-bond acceptors (Lipinski definition) is 6.